The molecule has 3 N–H and O–H groups in total. The zero-order valence-corrected chi connectivity index (χ0v) is 9.20. The van der Waals surface area contributed by atoms with Crippen LogP contribution in [-0.2, 0) is 11.2 Å². The van der Waals surface area contributed by atoms with Gasteiger partial charge in [-0.05, 0) is 19.4 Å². The molecular formula is C10H17N5O. The third-order valence-electron chi connectivity index (χ3n) is 2.79. The molecule has 1 fully saturated rings. The van der Waals surface area contributed by atoms with Gasteiger partial charge in [-0.2, -0.15) is 5.10 Å². The van der Waals surface area contributed by atoms with Crippen LogP contribution in [0, 0.1) is 5.92 Å². The Hall–Kier alpha value is -1.43. The van der Waals surface area contributed by atoms with Gasteiger partial charge in [0.05, 0.1) is 5.92 Å². The summed E-state index contributed by atoms with van der Waals surface area (Å²) in [6.07, 6.45) is 4.25. The minimum Gasteiger partial charge on any atom is -0.355 e. The van der Waals surface area contributed by atoms with E-state index in [4.69, 9.17) is 0 Å². The van der Waals surface area contributed by atoms with Crippen LogP contribution in [0.25, 0.3) is 0 Å². The smallest absolute Gasteiger partial charge is 0.224 e. The molecule has 1 aliphatic rings. The zero-order chi connectivity index (χ0) is 11.2. The normalized spacial score (nSPS) is 20.6. The van der Waals surface area contributed by atoms with E-state index >= 15 is 0 Å². The number of amides is 1. The molecule has 0 aromatic carbocycles. The van der Waals surface area contributed by atoms with Crippen LogP contribution >= 0.6 is 0 Å². The van der Waals surface area contributed by atoms with Gasteiger partial charge in [0, 0.05) is 19.5 Å². The first-order valence-corrected chi connectivity index (χ1v) is 5.69. The molecule has 2 heterocycles. The molecule has 0 unspecified atom stereocenters. The van der Waals surface area contributed by atoms with Gasteiger partial charge in [-0.15, -0.1) is 0 Å². The molecule has 2 rings (SSSR count). The molecule has 6 nitrogen and oxygen atoms in total. The van der Waals surface area contributed by atoms with Crippen molar-refractivity contribution in [2.24, 2.45) is 5.92 Å². The number of carbonyl (C=O) groups excluding carboxylic acids is 1. The minimum absolute atomic E-state index is 0.128. The highest BCUT2D eigenvalue weighted by Gasteiger charge is 2.20. The highest BCUT2D eigenvalue weighted by Crippen LogP contribution is 2.09. The summed E-state index contributed by atoms with van der Waals surface area (Å²) >= 11 is 0. The molecular weight excluding hydrogens is 206 g/mol. The SMILES string of the molecule is O=C(NCCc1ncn[nH]1)[C@H]1CCCNC1. The number of aromatic amines is 1. The molecule has 1 aromatic heterocycles. The van der Waals surface area contributed by atoms with E-state index in [1.54, 1.807) is 0 Å². The third kappa shape index (κ3) is 3.03. The summed E-state index contributed by atoms with van der Waals surface area (Å²) in [6.45, 7) is 2.44. The number of piperidine rings is 1. The van der Waals surface area contributed by atoms with Crippen LogP contribution in [0.15, 0.2) is 6.33 Å². The lowest BCUT2D eigenvalue weighted by Gasteiger charge is -2.21. The molecule has 1 amide bonds. The molecule has 0 aliphatic carbocycles. The molecule has 1 atom stereocenters. The predicted octanol–water partition coefficient (Wildman–Crippen LogP) is -0.537. The number of rotatable bonds is 4. The molecule has 0 saturated carbocycles. The number of H-pyrrole nitrogens is 1. The molecule has 1 aliphatic heterocycles. The fourth-order valence-corrected chi connectivity index (χ4v) is 1.88. The predicted molar refractivity (Wildman–Crippen MR) is 58.7 cm³/mol. The van der Waals surface area contributed by atoms with Gasteiger partial charge in [-0.3, -0.25) is 9.89 Å². The number of hydrogen-bond donors (Lipinski definition) is 3. The van der Waals surface area contributed by atoms with Crippen LogP contribution in [0.3, 0.4) is 0 Å². The van der Waals surface area contributed by atoms with Crippen LogP contribution < -0.4 is 10.6 Å². The topological polar surface area (TPSA) is 82.7 Å². The first-order chi connectivity index (χ1) is 7.86. The van der Waals surface area contributed by atoms with E-state index in [9.17, 15) is 4.79 Å². The first kappa shape index (κ1) is 11.1. The van der Waals surface area contributed by atoms with E-state index in [1.165, 1.54) is 6.33 Å². The number of nitrogens with zero attached hydrogens (tertiary/aromatic N) is 2. The Bertz CT molecular complexity index is 318. The van der Waals surface area contributed by atoms with Crippen LogP contribution in [0.4, 0.5) is 0 Å². The van der Waals surface area contributed by atoms with E-state index in [2.05, 4.69) is 25.8 Å². The second-order valence-electron chi connectivity index (χ2n) is 4.02. The summed E-state index contributed by atoms with van der Waals surface area (Å²) in [6, 6.07) is 0. The highest BCUT2D eigenvalue weighted by molar-refractivity contribution is 5.78. The zero-order valence-electron chi connectivity index (χ0n) is 9.20. The molecule has 6 heteroatoms. The number of nitrogens with one attached hydrogen (secondary N) is 3. The number of aromatic nitrogens is 3. The van der Waals surface area contributed by atoms with Crippen molar-refractivity contribution < 1.29 is 4.79 Å². The van der Waals surface area contributed by atoms with Crippen molar-refractivity contribution in [1.82, 2.24) is 25.8 Å². The van der Waals surface area contributed by atoms with Crippen molar-refractivity contribution in [2.45, 2.75) is 19.3 Å². The Kier molecular flexibility index (Phi) is 3.87. The Morgan fingerprint density at radius 1 is 1.62 bits per heavy atom. The summed E-state index contributed by atoms with van der Waals surface area (Å²) in [7, 11) is 0. The van der Waals surface area contributed by atoms with Crippen molar-refractivity contribution in [3.8, 4) is 0 Å². The van der Waals surface area contributed by atoms with E-state index in [0.29, 0.717) is 13.0 Å². The van der Waals surface area contributed by atoms with Crippen molar-refractivity contribution in [3.05, 3.63) is 12.2 Å². The van der Waals surface area contributed by atoms with Crippen LogP contribution in [-0.4, -0.2) is 40.7 Å². The van der Waals surface area contributed by atoms with Gasteiger partial charge in [0.15, 0.2) is 0 Å². The molecule has 0 spiro atoms. The Balaban J connectivity index is 1.67. The van der Waals surface area contributed by atoms with Crippen molar-refractivity contribution in [3.63, 3.8) is 0 Å². The maximum Gasteiger partial charge on any atom is 0.224 e. The Morgan fingerprint density at radius 2 is 2.56 bits per heavy atom. The van der Waals surface area contributed by atoms with Gasteiger partial charge in [-0.1, -0.05) is 0 Å². The summed E-state index contributed by atoms with van der Waals surface area (Å²) in [4.78, 5) is 15.7. The average molecular weight is 223 g/mol. The Labute approximate surface area is 94.2 Å². The van der Waals surface area contributed by atoms with Crippen LogP contribution in [0.5, 0.6) is 0 Å². The lowest BCUT2D eigenvalue weighted by Crippen LogP contribution is -2.41. The van der Waals surface area contributed by atoms with Crippen LogP contribution in [0.1, 0.15) is 18.7 Å². The van der Waals surface area contributed by atoms with Gasteiger partial charge in [0.25, 0.3) is 0 Å². The van der Waals surface area contributed by atoms with Gasteiger partial charge in [0.1, 0.15) is 12.2 Å². The number of carbonyl (C=O) groups is 1. The second-order valence-corrected chi connectivity index (χ2v) is 4.02. The summed E-state index contributed by atoms with van der Waals surface area (Å²) in [5.41, 5.74) is 0. The lowest BCUT2D eigenvalue weighted by molar-refractivity contribution is -0.125. The standard InChI is InChI=1S/C10H17N5O/c16-10(8-2-1-4-11-6-8)12-5-3-9-13-7-14-15-9/h7-8,11H,1-6H2,(H,12,16)(H,13,14,15)/t8-/m0/s1. The summed E-state index contributed by atoms with van der Waals surface area (Å²) in [5.74, 6) is 1.08. The molecule has 1 saturated heterocycles. The maximum atomic E-state index is 11.7. The Morgan fingerprint density at radius 3 is 3.25 bits per heavy atom. The van der Waals surface area contributed by atoms with E-state index in [1.807, 2.05) is 0 Å². The second kappa shape index (κ2) is 5.60. The average Bonchev–Trinajstić information content (AvgIpc) is 2.83. The molecule has 1 aromatic rings. The first-order valence-electron chi connectivity index (χ1n) is 5.69. The van der Waals surface area contributed by atoms with Crippen LogP contribution in [0.2, 0.25) is 0 Å². The van der Waals surface area contributed by atoms with E-state index in [0.717, 1.165) is 31.8 Å². The summed E-state index contributed by atoms with van der Waals surface area (Å²) < 4.78 is 0. The molecule has 88 valence electrons. The minimum atomic E-state index is 0.128. The van der Waals surface area contributed by atoms with E-state index < -0.39 is 0 Å². The van der Waals surface area contributed by atoms with Gasteiger partial charge in [0.2, 0.25) is 5.91 Å². The van der Waals surface area contributed by atoms with Crippen molar-refractivity contribution >= 4 is 5.91 Å². The summed E-state index contributed by atoms with van der Waals surface area (Å²) in [5, 5.41) is 12.7. The van der Waals surface area contributed by atoms with E-state index in [-0.39, 0.29) is 11.8 Å². The fourth-order valence-electron chi connectivity index (χ4n) is 1.88. The fraction of sp³-hybridized carbons (Fsp3) is 0.700. The van der Waals surface area contributed by atoms with Gasteiger partial charge < -0.3 is 10.6 Å². The van der Waals surface area contributed by atoms with Gasteiger partial charge >= 0.3 is 0 Å². The third-order valence-corrected chi connectivity index (χ3v) is 2.79. The lowest BCUT2D eigenvalue weighted by atomic mass is 9.99. The molecule has 16 heavy (non-hydrogen) atoms. The molecule has 0 bridgehead atoms. The van der Waals surface area contributed by atoms with Gasteiger partial charge in [-0.25, -0.2) is 4.98 Å². The van der Waals surface area contributed by atoms with Crippen molar-refractivity contribution in [1.29, 1.82) is 0 Å². The maximum absolute atomic E-state index is 11.7. The monoisotopic (exact) mass is 223 g/mol. The molecule has 0 radical (unpaired) electrons. The largest absolute Gasteiger partial charge is 0.355 e. The number of hydrogen-bond acceptors (Lipinski definition) is 4. The highest BCUT2D eigenvalue weighted by atomic mass is 16.1. The van der Waals surface area contributed by atoms with Crippen molar-refractivity contribution in [2.75, 3.05) is 19.6 Å². The quantitative estimate of drug-likeness (QED) is 0.640.